The molecular weight excluding hydrogens is 418 g/mol. The number of hydrogen-bond acceptors (Lipinski definition) is 4. The third-order valence-electron chi connectivity index (χ3n) is 6.12. The van der Waals surface area contributed by atoms with Crippen LogP contribution in [0.3, 0.4) is 0 Å². The van der Waals surface area contributed by atoms with Gasteiger partial charge in [-0.3, -0.25) is 18.6 Å². The molecular formula is C24H27N7O2. The molecule has 33 heavy (non-hydrogen) atoms. The molecule has 0 saturated carbocycles. The fourth-order valence-corrected chi connectivity index (χ4v) is 4.56. The predicted molar refractivity (Wildman–Crippen MR) is 128 cm³/mol. The zero-order valence-corrected chi connectivity index (χ0v) is 19.5. The maximum atomic E-state index is 13.3. The number of aryl methyl sites for hydroxylation is 2. The fraction of sp³-hybridized carbons (Fsp3) is 0.333. The van der Waals surface area contributed by atoms with Gasteiger partial charge in [-0.2, -0.15) is 5.10 Å². The summed E-state index contributed by atoms with van der Waals surface area (Å²) in [6.07, 6.45) is 5.51. The van der Waals surface area contributed by atoms with E-state index in [0.717, 1.165) is 22.0 Å². The van der Waals surface area contributed by atoms with Gasteiger partial charge in [0.2, 0.25) is 0 Å². The molecule has 0 spiro atoms. The molecule has 0 aliphatic heterocycles. The van der Waals surface area contributed by atoms with Gasteiger partial charge >= 0.3 is 5.69 Å². The summed E-state index contributed by atoms with van der Waals surface area (Å²) < 4.78 is 6.44. The fourth-order valence-electron chi connectivity index (χ4n) is 4.56. The molecule has 4 aromatic heterocycles. The molecule has 5 rings (SSSR count). The number of aromatic nitrogens is 7. The van der Waals surface area contributed by atoms with Crippen molar-refractivity contribution in [1.29, 1.82) is 0 Å². The average molecular weight is 446 g/mol. The van der Waals surface area contributed by atoms with E-state index in [2.05, 4.69) is 23.0 Å². The smallest absolute Gasteiger partial charge is 0.332 e. The lowest BCUT2D eigenvalue weighted by molar-refractivity contribution is 0.498. The van der Waals surface area contributed by atoms with Gasteiger partial charge in [0.15, 0.2) is 11.5 Å². The van der Waals surface area contributed by atoms with E-state index < -0.39 is 0 Å². The minimum absolute atomic E-state index is 0.210. The molecule has 4 heterocycles. The summed E-state index contributed by atoms with van der Waals surface area (Å²) in [6.45, 7) is 7.05. The Morgan fingerprint density at radius 2 is 1.91 bits per heavy atom. The van der Waals surface area contributed by atoms with E-state index in [1.807, 2.05) is 50.0 Å². The van der Waals surface area contributed by atoms with Crippen molar-refractivity contribution in [2.24, 2.45) is 20.0 Å². The number of nitrogens with one attached hydrogen (secondary N) is 1. The third-order valence-corrected chi connectivity index (χ3v) is 6.12. The summed E-state index contributed by atoms with van der Waals surface area (Å²) in [5.74, 6) is 0.835. The Morgan fingerprint density at radius 1 is 1.12 bits per heavy atom. The first-order chi connectivity index (χ1) is 15.8. The normalized spacial score (nSPS) is 11.9. The van der Waals surface area contributed by atoms with Crippen LogP contribution in [-0.4, -0.2) is 33.4 Å². The van der Waals surface area contributed by atoms with Gasteiger partial charge in [0, 0.05) is 50.1 Å². The van der Waals surface area contributed by atoms with Gasteiger partial charge in [-0.05, 0) is 30.0 Å². The molecule has 0 aliphatic rings. The maximum absolute atomic E-state index is 13.3. The summed E-state index contributed by atoms with van der Waals surface area (Å²) in [6, 6.07) is 6.14. The van der Waals surface area contributed by atoms with Crippen molar-refractivity contribution in [3.05, 3.63) is 68.8 Å². The lowest BCUT2D eigenvalue weighted by Gasteiger charge is -2.11. The first kappa shape index (κ1) is 21.0. The topological polar surface area (TPSA) is 95.4 Å². The second kappa shape index (κ2) is 7.61. The largest absolute Gasteiger partial charge is 0.361 e. The number of aromatic amines is 1. The molecule has 9 nitrogen and oxygen atoms in total. The molecule has 0 atom stereocenters. The summed E-state index contributed by atoms with van der Waals surface area (Å²) in [4.78, 5) is 34.2. The minimum Gasteiger partial charge on any atom is -0.361 e. The molecule has 0 bridgehead atoms. The SMILES string of the molecule is Cc1cccc2[nH]cc(Cn3nc4c(c3-c3nccn3C)c(=O)n(C)c(=O)n4CC(C)C)c12. The Hall–Kier alpha value is -3.88. The van der Waals surface area contributed by atoms with E-state index in [4.69, 9.17) is 5.10 Å². The zero-order chi connectivity index (χ0) is 23.4. The van der Waals surface area contributed by atoms with Crippen molar-refractivity contribution in [2.75, 3.05) is 0 Å². The molecule has 1 aromatic carbocycles. The highest BCUT2D eigenvalue weighted by Crippen LogP contribution is 2.28. The summed E-state index contributed by atoms with van der Waals surface area (Å²) >= 11 is 0. The van der Waals surface area contributed by atoms with Gasteiger partial charge in [-0.15, -0.1) is 0 Å². The van der Waals surface area contributed by atoms with Crippen molar-refractivity contribution in [1.82, 2.24) is 33.4 Å². The molecule has 0 aliphatic carbocycles. The molecule has 0 unspecified atom stereocenters. The van der Waals surface area contributed by atoms with Gasteiger partial charge in [0.05, 0.1) is 6.54 Å². The Morgan fingerprint density at radius 3 is 2.61 bits per heavy atom. The van der Waals surface area contributed by atoms with Crippen LogP contribution < -0.4 is 11.2 Å². The Kier molecular flexibility index (Phi) is 4.84. The third kappa shape index (κ3) is 3.23. The number of H-pyrrole nitrogens is 1. The van der Waals surface area contributed by atoms with Crippen molar-refractivity contribution in [3.63, 3.8) is 0 Å². The van der Waals surface area contributed by atoms with Crippen molar-refractivity contribution >= 4 is 21.9 Å². The Bertz CT molecular complexity index is 1620. The molecule has 0 radical (unpaired) electrons. The molecule has 0 fully saturated rings. The van der Waals surface area contributed by atoms with Crippen LogP contribution in [0, 0.1) is 12.8 Å². The first-order valence-electron chi connectivity index (χ1n) is 11.0. The number of hydrogen-bond donors (Lipinski definition) is 1. The van der Waals surface area contributed by atoms with E-state index in [0.29, 0.717) is 35.6 Å². The van der Waals surface area contributed by atoms with Crippen LogP contribution in [0.25, 0.3) is 33.5 Å². The molecule has 0 saturated heterocycles. The monoisotopic (exact) mass is 445 g/mol. The molecule has 5 aromatic rings. The minimum atomic E-state index is -0.366. The summed E-state index contributed by atoms with van der Waals surface area (Å²) in [5.41, 5.74) is 3.54. The van der Waals surface area contributed by atoms with Crippen LogP contribution in [0.1, 0.15) is 25.0 Å². The average Bonchev–Trinajstić information content (AvgIpc) is 3.47. The maximum Gasteiger partial charge on any atom is 0.332 e. The zero-order valence-electron chi connectivity index (χ0n) is 19.5. The highest BCUT2D eigenvalue weighted by Gasteiger charge is 2.25. The van der Waals surface area contributed by atoms with Crippen molar-refractivity contribution in [2.45, 2.75) is 33.9 Å². The number of imidazole rings is 1. The van der Waals surface area contributed by atoms with Crippen LogP contribution in [0.15, 0.2) is 46.4 Å². The van der Waals surface area contributed by atoms with E-state index in [1.165, 1.54) is 11.6 Å². The van der Waals surface area contributed by atoms with Crippen LogP contribution in [0.5, 0.6) is 0 Å². The van der Waals surface area contributed by atoms with Gasteiger partial charge in [-0.25, -0.2) is 9.78 Å². The molecule has 9 heteroatoms. The Balaban J connectivity index is 1.85. The molecule has 0 amide bonds. The summed E-state index contributed by atoms with van der Waals surface area (Å²) in [7, 11) is 3.40. The number of nitrogens with zero attached hydrogens (tertiary/aromatic N) is 6. The second-order valence-electron chi connectivity index (χ2n) is 9.03. The van der Waals surface area contributed by atoms with E-state index in [9.17, 15) is 9.59 Å². The van der Waals surface area contributed by atoms with Gasteiger partial charge in [0.1, 0.15) is 11.1 Å². The van der Waals surface area contributed by atoms with E-state index in [1.54, 1.807) is 15.4 Å². The second-order valence-corrected chi connectivity index (χ2v) is 9.03. The van der Waals surface area contributed by atoms with E-state index >= 15 is 0 Å². The quantitative estimate of drug-likeness (QED) is 0.450. The lowest BCUT2D eigenvalue weighted by atomic mass is 10.1. The van der Waals surface area contributed by atoms with E-state index in [-0.39, 0.29) is 17.2 Å². The van der Waals surface area contributed by atoms with Gasteiger partial charge < -0.3 is 9.55 Å². The van der Waals surface area contributed by atoms with Crippen molar-refractivity contribution in [3.8, 4) is 11.5 Å². The molecule has 170 valence electrons. The predicted octanol–water partition coefficient (Wildman–Crippen LogP) is 2.79. The van der Waals surface area contributed by atoms with Gasteiger partial charge in [0.25, 0.3) is 5.56 Å². The van der Waals surface area contributed by atoms with Crippen LogP contribution >= 0.6 is 0 Å². The van der Waals surface area contributed by atoms with Crippen LogP contribution in [0.2, 0.25) is 0 Å². The first-order valence-corrected chi connectivity index (χ1v) is 11.0. The van der Waals surface area contributed by atoms with Crippen molar-refractivity contribution < 1.29 is 0 Å². The number of fused-ring (bicyclic) bond motifs is 2. The van der Waals surface area contributed by atoms with Crippen LogP contribution in [0.4, 0.5) is 0 Å². The number of benzene rings is 1. The number of rotatable bonds is 5. The summed E-state index contributed by atoms with van der Waals surface area (Å²) in [5, 5.41) is 6.38. The van der Waals surface area contributed by atoms with Crippen LogP contribution in [-0.2, 0) is 27.2 Å². The highest BCUT2D eigenvalue weighted by atomic mass is 16.2. The lowest BCUT2D eigenvalue weighted by Crippen LogP contribution is -2.38. The van der Waals surface area contributed by atoms with Gasteiger partial charge in [-0.1, -0.05) is 26.0 Å². The molecule has 1 N–H and O–H groups in total. The highest BCUT2D eigenvalue weighted by molar-refractivity contribution is 5.90. The Labute approximate surface area is 189 Å². The standard InChI is InChI=1S/C24H27N7O2/c1-14(2)12-30-21-19(23(32)29(5)24(30)33)20(22-25-9-10-28(22)4)31(27-21)13-16-11-26-17-8-6-7-15(3)18(16)17/h6-11,14,26H,12-13H2,1-5H3.